The highest BCUT2D eigenvalue weighted by Gasteiger charge is 2.45. The van der Waals surface area contributed by atoms with Gasteiger partial charge >= 0.3 is 0 Å². The molecule has 2 amide bonds. The van der Waals surface area contributed by atoms with Gasteiger partial charge in [0.15, 0.2) is 5.78 Å². The van der Waals surface area contributed by atoms with E-state index in [4.69, 9.17) is 0 Å². The highest BCUT2D eigenvalue weighted by atomic mass is 79.9. The summed E-state index contributed by atoms with van der Waals surface area (Å²) >= 11 is 3.33. The van der Waals surface area contributed by atoms with Crippen molar-refractivity contribution in [2.45, 2.75) is 52.2 Å². The third-order valence-corrected chi connectivity index (χ3v) is 10.4. The fourth-order valence-corrected chi connectivity index (χ4v) is 7.34. The molecule has 15 heteroatoms. The van der Waals surface area contributed by atoms with Gasteiger partial charge in [0, 0.05) is 48.4 Å². The molecular formula is C34H37BrN8O5S. The van der Waals surface area contributed by atoms with Gasteiger partial charge in [-0.1, -0.05) is 24.8 Å². The Morgan fingerprint density at radius 2 is 1.84 bits per heavy atom. The lowest BCUT2D eigenvalue weighted by atomic mass is 10.0. The number of ketones is 1. The van der Waals surface area contributed by atoms with Crippen molar-refractivity contribution in [3.8, 4) is 11.1 Å². The molecule has 0 spiro atoms. The summed E-state index contributed by atoms with van der Waals surface area (Å²) in [5, 5.41) is 7.92. The normalized spacial score (nSPS) is 17.6. The number of rotatable bonds is 13. The predicted molar refractivity (Wildman–Crippen MR) is 191 cm³/mol. The van der Waals surface area contributed by atoms with Crippen LogP contribution in [0.2, 0.25) is 0 Å². The van der Waals surface area contributed by atoms with Crippen LogP contribution in [0.15, 0.2) is 66.6 Å². The number of aryl methyl sites for hydroxylation is 1. The molecule has 256 valence electrons. The van der Waals surface area contributed by atoms with Crippen molar-refractivity contribution in [1.29, 1.82) is 0 Å². The average Bonchev–Trinajstić information content (AvgIpc) is 3.60. The Morgan fingerprint density at radius 3 is 2.51 bits per heavy atom. The number of pyridine rings is 1. The SMILES string of the molecule is C=CCCS(=O)(=O)NC[C@H]1C[C@@H](C(=O)Nc2nc(Br)ccc2C=C)N(C(=O)Cn2nc(C(C)=O)c3cc(-c4cnc(C)nc4)ccc32)[C@@H]1C. The fraction of sp³-hybridized carbons (Fsp3) is 0.324. The summed E-state index contributed by atoms with van der Waals surface area (Å²) in [5.41, 5.74) is 2.89. The molecule has 0 aliphatic carbocycles. The molecule has 49 heavy (non-hydrogen) atoms. The lowest BCUT2D eigenvalue weighted by molar-refractivity contribution is -0.139. The minimum atomic E-state index is -3.60. The number of hydrogen-bond donors (Lipinski definition) is 2. The fourth-order valence-electron chi connectivity index (χ4n) is 5.94. The summed E-state index contributed by atoms with van der Waals surface area (Å²) < 4.78 is 29.8. The van der Waals surface area contributed by atoms with Crippen LogP contribution in [0.4, 0.5) is 5.82 Å². The third kappa shape index (κ3) is 8.00. The maximum Gasteiger partial charge on any atom is 0.248 e. The number of halogens is 1. The minimum Gasteiger partial charge on any atom is -0.326 e. The number of likely N-dealkylation sites (tertiary alicyclic amines) is 1. The maximum atomic E-state index is 14.2. The largest absolute Gasteiger partial charge is 0.326 e. The number of aromatic nitrogens is 5. The van der Waals surface area contributed by atoms with Gasteiger partial charge in [-0.05, 0) is 78.4 Å². The van der Waals surface area contributed by atoms with Crippen molar-refractivity contribution in [3.63, 3.8) is 0 Å². The van der Waals surface area contributed by atoms with Crippen LogP contribution in [0.25, 0.3) is 28.1 Å². The minimum absolute atomic E-state index is 0.0337. The van der Waals surface area contributed by atoms with Gasteiger partial charge in [0.25, 0.3) is 0 Å². The first-order chi connectivity index (χ1) is 23.3. The standard InChI is InChI=1S/C34H37BrN8O5S/c1-6-8-13-49(47,48)38-18-25-15-29(34(46)40-33-23(7-2)10-12-30(35)39-33)43(20(25)3)31(45)19-42-28-11-9-24(26-16-36-22(5)37-17-26)14-27(28)32(41-42)21(4)44/h6-7,9-12,14,16-17,20,25,29,38H,1-2,8,13,15,18-19H2,3-5H3,(H,39,40,46)/t20-,25-,29+/m1/s1. The zero-order valence-corrected chi connectivity index (χ0v) is 29.8. The summed E-state index contributed by atoms with van der Waals surface area (Å²) in [6.07, 6.45) is 6.96. The smallest absolute Gasteiger partial charge is 0.248 e. The molecule has 3 aromatic heterocycles. The summed E-state index contributed by atoms with van der Waals surface area (Å²) in [6, 6.07) is 7.43. The Balaban J connectivity index is 1.46. The van der Waals surface area contributed by atoms with E-state index in [9.17, 15) is 22.8 Å². The molecule has 5 rings (SSSR count). The average molecular weight is 750 g/mol. The van der Waals surface area contributed by atoms with E-state index in [0.29, 0.717) is 26.9 Å². The molecular weight excluding hydrogens is 712 g/mol. The van der Waals surface area contributed by atoms with E-state index in [-0.39, 0.29) is 54.9 Å². The van der Waals surface area contributed by atoms with E-state index in [2.05, 4.69) is 59.2 Å². The van der Waals surface area contributed by atoms with Gasteiger partial charge in [0.2, 0.25) is 21.8 Å². The van der Waals surface area contributed by atoms with Crippen LogP contribution >= 0.6 is 15.9 Å². The zero-order valence-electron chi connectivity index (χ0n) is 27.4. The molecule has 4 heterocycles. The molecule has 1 fully saturated rings. The summed E-state index contributed by atoms with van der Waals surface area (Å²) in [6.45, 7) is 12.1. The number of Topliss-reactive ketones (excluding diaryl/α,β-unsaturated/α-hetero) is 1. The Bertz CT molecular complexity index is 2050. The van der Waals surface area contributed by atoms with Crippen molar-refractivity contribution in [2.75, 3.05) is 17.6 Å². The molecule has 13 nitrogen and oxygen atoms in total. The Labute approximate surface area is 293 Å². The van der Waals surface area contributed by atoms with Crippen molar-refractivity contribution in [2.24, 2.45) is 5.92 Å². The molecule has 1 saturated heterocycles. The van der Waals surface area contributed by atoms with E-state index in [1.807, 2.05) is 12.1 Å². The van der Waals surface area contributed by atoms with Gasteiger partial charge in [-0.2, -0.15) is 5.10 Å². The number of allylic oxidation sites excluding steroid dienone is 1. The highest BCUT2D eigenvalue weighted by Crippen LogP contribution is 2.33. The van der Waals surface area contributed by atoms with Crippen LogP contribution in [0.5, 0.6) is 0 Å². The van der Waals surface area contributed by atoms with Crippen molar-refractivity contribution >= 4 is 66.3 Å². The first-order valence-electron chi connectivity index (χ1n) is 15.6. The number of benzene rings is 1. The Kier molecular flexibility index (Phi) is 10.8. The quantitative estimate of drug-likeness (QED) is 0.113. The van der Waals surface area contributed by atoms with Crippen molar-refractivity contribution in [3.05, 3.63) is 83.6 Å². The van der Waals surface area contributed by atoms with Crippen LogP contribution in [0.1, 0.15) is 48.6 Å². The molecule has 3 atom stereocenters. The number of carbonyl (C=O) groups excluding carboxylic acids is 3. The van der Waals surface area contributed by atoms with Crippen LogP contribution in [-0.4, -0.2) is 80.0 Å². The van der Waals surface area contributed by atoms with E-state index < -0.39 is 33.9 Å². The summed E-state index contributed by atoms with van der Waals surface area (Å²) in [4.78, 5) is 55.1. The topological polar surface area (TPSA) is 169 Å². The second-order valence-electron chi connectivity index (χ2n) is 11.9. The van der Waals surface area contributed by atoms with E-state index in [1.54, 1.807) is 50.5 Å². The van der Waals surface area contributed by atoms with Crippen LogP contribution in [0.3, 0.4) is 0 Å². The molecule has 4 aromatic rings. The van der Waals surface area contributed by atoms with Crippen LogP contribution in [0, 0.1) is 12.8 Å². The van der Waals surface area contributed by atoms with Crippen LogP contribution < -0.4 is 10.0 Å². The van der Waals surface area contributed by atoms with Gasteiger partial charge in [0.05, 0.1) is 11.3 Å². The lowest BCUT2D eigenvalue weighted by Crippen LogP contribution is -2.48. The summed E-state index contributed by atoms with van der Waals surface area (Å²) in [5.74, 6) is -0.784. The van der Waals surface area contributed by atoms with Crippen molar-refractivity contribution in [1.82, 2.24) is 34.4 Å². The maximum absolute atomic E-state index is 14.2. The number of carbonyl (C=O) groups is 3. The van der Waals surface area contributed by atoms with E-state index in [1.165, 1.54) is 22.6 Å². The molecule has 0 saturated carbocycles. The van der Waals surface area contributed by atoms with Gasteiger partial charge < -0.3 is 10.2 Å². The number of fused-ring (bicyclic) bond motifs is 1. The molecule has 0 unspecified atom stereocenters. The third-order valence-electron chi connectivity index (χ3n) is 8.57. The molecule has 1 aliphatic heterocycles. The predicted octanol–water partition coefficient (Wildman–Crippen LogP) is 4.54. The molecule has 0 radical (unpaired) electrons. The van der Waals surface area contributed by atoms with Gasteiger partial charge in [-0.25, -0.2) is 28.1 Å². The van der Waals surface area contributed by atoms with Gasteiger partial charge in [0.1, 0.15) is 34.5 Å². The number of sulfonamides is 1. The highest BCUT2D eigenvalue weighted by molar-refractivity contribution is 9.10. The Morgan fingerprint density at radius 1 is 1.10 bits per heavy atom. The molecule has 1 aromatic carbocycles. The van der Waals surface area contributed by atoms with Gasteiger partial charge in [-0.15, -0.1) is 6.58 Å². The second-order valence-corrected chi connectivity index (χ2v) is 14.6. The number of nitrogens with zero attached hydrogens (tertiary/aromatic N) is 6. The first-order valence-corrected chi connectivity index (χ1v) is 18.1. The van der Waals surface area contributed by atoms with E-state index in [0.717, 1.165) is 11.1 Å². The molecule has 1 aliphatic rings. The van der Waals surface area contributed by atoms with Crippen LogP contribution in [-0.2, 0) is 26.2 Å². The number of nitrogens with one attached hydrogen (secondary N) is 2. The Hall–Kier alpha value is -4.60. The molecule has 2 N–H and O–H groups in total. The number of amides is 2. The zero-order chi connectivity index (χ0) is 35.5. The first kappa shape index (κ1) is 35.7. The van der Waals surface area contributed by atoms with Crippen molar-refractivity contribution < 1.29 is 22.8 Å². The number of anilines is 1. The molecule has 0 bridgehead atoms. The monoisotopic (exact) mass is 748 g/mol. The van der Waals surface area contributed by atoms with E-state index >= 15 is 0 Å². The number of hydrogen-bond acceptors (Lipinski definition) is 9. The van der Waals surface area contributed by atoms with Gasteiger partial charge in [-0.3, -0.25) is 19.1 Å². The second kappa shape index (κ2) is 14.9. The lowest BCUT2D eigenvalue weighted by Gasteiger charge is -2.29. The summed E-state index contributed by atoms with van der Waals surface area (Å²) in [7, 11) is -3.60.